The van der Waals surface area contributed by atoms with E-state index in [0.717, 1.165) is 33.3 Å². The highest BCUT2D eigenvalue weighted by molar-refractivity contribution is 5.80. The maximum absolute atomic E-state index is 12.1. The second-order valence-corrected chi connectivity index (χ2v) is 7.12. The summed E-state index contributed by atoms with van der Waals surface area (Å²) in [5.41, 5.74) is 5.18. The Labute approximate surface area is 163 Å². The zero-order valence-corrected chi connectivity index (χ0v) is 15.3. The predicted molar refractivity (Wildman–Crippen MR) is 111 cm³/mol. The maximum Gasteiger partial charge on any atom is 0.103 e. The molecule has 0 bridgehead atoms. The number of rotatable bonds is 3. The van der Waals surface area contributed by atoms with Crippen molar-refractivity contribution in [2.45, 2.75) is 18.5 Å². The van der Waals surface area contributed by atoms with Crippen LogP contribution in [0.3, 0.4) is 0 Å². The van der Waals surface area contributed by atoms with Crippen molar-refractivity contribution in [3.63, 3.8) is 0 Å². The highest BCUT2D eigenvalue weighted by Crippen LogP contribution is 2.43. The first kappa shape index (κ1) is 16.6. The molecular formula is C24H19N3O. The Morgan fingerprint density at radius 1 is 0.821 bits per heavy atom. The van der Waals surface area contributed by atoms with Gasteiger partial charge in [0.2, 0.25) is 0 Å². The van der Waals surface area contributed by atoms with Gasteiger partial charge < -0.3 is 0 Å². The molecule has 4 aromatic rings. The van der Waals surface area contributed by atoms with E-state index in [1.807, 2.05) is 54.6 Å². The molecule has 2 heterocycles. The third kappa shape index (κ3) is 2.74. The Morgan fingerprint density at radius 3 is 2.18 bits per heavy atom. The number of para-hydroxylation sites is 1. The highest BCUT2D eigenvalue weighted by Gasteiger charge is 2.37. The largest absolute Gasteiger partial charge is 0.252 e. The van der Waals surface area contributed by atoms with Gasteiger partial charge in [-0.1, -0.05) is 78.9 Å². The minimum Gasteiger partial charge on any atom is -0.252 e. The molecule has 5 rings (SSSR count). The Balaban J connectivity index is 1.75. The lowest BCUT2D eigenvalue weighted by Gasteiger charge is -2.39. The van der Waals surface area contributed by atoms with Gasteiger partial charge in [-0.2, -0.15) is 0 Å². The number of pyridine rings is 1. The molecule has 0 amide bonds. The van der Waals surface area contributed by atoms with E-state index in [1.54, 1.807) is 5.01 Å². The highest BCUT2D eigenvalue weighted by atomic mass is 16.3. The number of nitrogens with zero attached hydrogens (tertiary/aromatic N) is 3. The molecule has 4 nitrogen and oxygen atoms in total. The quantitative estimate of drug-likeness (QED) is 0.444. The third-order valence-corrected chi connectivity index (χ3v) is 5.50. The molecule has 0 spiro atoms. The van der Waals surface area contributed by atoms with Crippen LogP contribution >= 0.6 is 0 Å². The van der Waals surface area contributed by atoms with Crippen molar-refractivity contribution in [1.82, 2.24) is 9.99 Å². The van der Waals surface area contributed by atoms with Crippen molar-refractivity contribution < 1.29 is 0 Å². The van der Waals surface area contributed by atoms with Crippen molar-refractivity contribution in [3.8, 4) is 0 Å². The van der Waals surface area contributed by atoms with Gasteiger partial charge in [-0.05, 0) is 23.3 Å². The van der Waals surface area contributed by atoms with Crippen molar-refractivity contribution in [2.24, 2.45) is 5.29 Å². The number of aromatic nitrogens is 1. The van der Waals surface area contributed by atoms with Gasteiger partial charge in [-0.25, -0.2) is 5.01 Å². The molecule has 1 aromatic heterocycles. The lowest BCUT2D eigenvalue weighted by molar-refractivity contribution is 0.141. The Bertz CT molecular complexity index is 1130. The third-order valence-electron chi connectivity index (χ3n) is 5.50. The maximum atomic E-state index is 12.1. The Morgan fingerprint density at radius 2 is 1.46 bits per heavy atom. The van der Waals surface area contributed by atoms with Crippen molar-refractivity contribution in [3.05, 3.63) is 118 Å². The average molecular weight is 365 g/mol. The second-order valence-electron chi connectivity index (χ2n) is 7.12. The molecule has 1 aliphatic heterocycles. The Kier molecular flexibility index (Phi) is 4.09. The molecule has 0 saturated carbocycles. The van der Waals surface area contributed by atoms with Gasteiger partial charge in [-0.3, -0.25) is 4.98 Å². The van der Waals surface area contributed by atoms with Gasteiger partial charge in [0.1, 0.15) is 6.04 Å². The van der Waals surface area contributed by atoms with Gasteiger partial charge in [0.25, 0.3) is 0 Å². The fraction of sp³-hybridized carbons (Fsp3) is 0.125. The minimum absolute atomic E-state index is 0.148. The van der Waals surface area contributed by atoms with Crippen LogP contribution in [0.25, 0.3) is 10.9 Å². The first-order chi connectivity index (χ1) is 13.8. The van der Waals surface area contributed by atoms with E-state index >= 15 is 0 Å². The van der Waals surface area contributed by atoms with E-state index in [2.05, 4.69) is 41.7 Å². The van der Waals surface area contributed by atoms with Gasteiger partial charge in [0, 0.05) is 23.1 Å². The minimum atomic E-state index is -0.259. The van der Waals surface area contributed by atoms with Crippen LogP contribution in [0.5, 0.6) is 0 Å². The van der Waals surface area contributed by atoms with Gasteiger partial charge in [0.05, 0.1) is 16.8 Å². The summed E-state index contributed by atoms with van der Waals surface area (Å²) in [6, 6.07) is 30.0. The van der Waals surface area contributed by atoms with Gasteiger partial charge >= 0.3 is 0 Å². The molecule has 3 aromatic carbocycles. The zero-order chi connectivity index (χ0) is 18.9. The molecule has 0 fully saturated rings. The summed E-state index contributed by atoms with van der Waals surface area (Å²) in [5.74, 6) is 0. The van der Waals surface area contributed by atoms with E-state index < -0.39 is 0 Å². The monoisotopic (exact) mass is 365 g/mol. The topological polar surface area (TPSA) is 45.6 Å². The summed E-state index contributed by atoms with van der Waals surface area (Å²) < 4.78 is 0. The predicted octanol–water partition coefficient (Wildman–Crippen LogP) is 5.61. The lowest BCUT2D eigenvalue weighted by Crippen LogP contribution is -2.35. The molecule has 0 aliphatic carbocycles. The van der Waals surface area contributed by atoms with Crippen LogP contribution < -0.4 is 0 Å². The molecule has 0 radical (unpaired) electrons. The standard InChI is InChI=1S/C24H19N3O/c28-26-27-23(17-9-3-1-4-10-17)16-22-20(24(27)18-11-5-2-6-12-18)15-19-13-7-8-14-21(19)25-22/h1-15,23-24H,16H2. The summed E-state index contributed by atoms with van der Waals surface area (Å²) in [4.78, 5) is 17.0. The molecule has 136 valence electrons. The summed E-state index contributed by atoms with van der Waals surface area (Å²) in [5, 5.41) is 6.27. The van der Waals surface area contributed by atoms with E-state index in [4.69, 9.17) is 4.98 Å². The number of nitroso groups, excluding NO2 is 1. The fourth-order valence-electron chi connectivity index (χ4n) is 4.19. The molecular weight excluding hydrogens is 346 g/mol. The fourth-order valence-corrected chi connectivity index (χ4v) is 4.19. The van der Waals surface area contributed by atoms with Crippen molar-refractivity contribution >= 4 is 10.9 Å². The average Bonchev–Trinajstić information content (AvgIpc) is 2.77. The summed E-state index contributed by atoms with van der Waals surface area (Å²) in [6.07, 6.45) is 0.652. The first-order valence-corrected chi connectivity index (χ1v) is 9.45. The van der Waals surface area contributed by atoms with E-state index in [-0.39, 0.29) is 12.1 Å². The number of hydrogen-bond donors (Lipinski definition) is 0. The van der Waals surface area contributed by atoms with Crippen molar-refractivity contribution in [2.75, 3.05) is 0 Å². The zero-order valence-electron chi connectivity index (χ0n) is 15.3. The van der Waals surface area contributed by atoms with Gasteiger partial charge in [0.15, 0.2) is 0 Å². The van der Waals surface area contributed by atoms with Crippen LogP contribution in [-0.2, 0) is 6.42 Å². The van der Waals surface area contributed by atoms with Crippen molar-refractivity contribution in [1.29, 1.82) is 0 Å². The normalized spacial score (nSPS) is 18.6. The van der Waals surface area contributed by atoms with Crippen LogP contribution in [0.15, 0.2) is 96.3 Å². The summed E-state index contributed by atoms with van der Waals surface area (Å²) in [6.45, 7) is 0. The summed E-state index contributed by atoms with van der Waals surface area (Å²) in [7, 11) is 0. The number of benzene rings is 3. The van der Waals surface area contributed by atoms with Crippen LogP contribution in [0.2, 0.25) is 0 Å². The second kappa shape index (κ2) is 6.89. The number of fused-ring (bicyclic) bond motifs is 2. The molecule has 28 heavy (non-hydrogen) atoms. The molecule has 2 unspecified atom stereocenters. The molecule has 0 saturated heterocycles. The molecule has 2 atom stereocenters. The van der Waals surface area contributed by atoms with Crippen LogP contribution in [0, 0.1) is 4.91 Å². The first-order valence-electron chi connectivity index (χ1n) is 9.45. The number of hydrogen-bond acceptors (Lipinski definition) is 3. The van der Waals surface area contributed by atoms with Gasteiger partial charge in [-0.15, -0.1) is 4.91 Å². The SMILES string of the molecule is O=NN1C(c2ccccc2)Cc2nc3ccccc3cc2C1c1ccccc1. The van der Waals surface area contributed by atoms with Crippen LogP contribution in [0.4, 0.5) is 0 Å². The van der Waals surface area contributed by atoms with E-state index in [9.17, 15) is 4.91 Å². The molecule has 4 heteroatoms. The van der Waals surface area contributed by atoms with E-state index in [1.165, 1.54) is 0 Å². The molecule has 0 N–H and O–H groups in total. The molecule has 1 aliphatic rings. The lowest BCUT2D eigenvalue weighted by atomic mass is 9.86. The van der Waals surface area contributed by atoms with E-state index in [0.29, 0.717) is 6.42 Å². The van der Waals surface area contributed by atoms with Crippen LogP contribution in [-0.4, -0.2) is 9.99 Å². The smallest absolute Gasteiger partial charge is 0.103 e. The van der Waals surface area contributed by atoms with Crippen LogP contribution in [0.1, 0.15) is 34.5 Å². The Hall–Kier alpha value is -3.53. The summed E-state index contributed by atoms with van der Waals surface area (Å²) >= 11 is 0.